The molecule has 0 aliphatic carbocycles. The first-order valence-electron chi connectivity index (χ1n) is 3.34. The zero-order valence-corrected chi connectivity index (χ0v) is 6.78. The maximum absolute atomic E-state index is 8.77. The lowest BCUT2D eigenvalue weighted by Crippen LogP contribution is -2.41. The van der Waals surface area contributed by atoms with Gasteiger partial charge in [-0.05, 0) is 0 Å². The predicted octanol–water partition coefficient (Wildman–Crippen LogP) is -3.59. The molecule has 0 saturated carbocycles. The maximum atomic E-state index is 8.77. The van der Waals surface area contributed by atoms with Gasteiger partial charge in [0.15, 0.2) is 0 Å². The molecule has 0 unspecified atom stereocenters. The normalized spacial score (nSPS) is 16.8. The molecule has 13 heavy (non-hydrogen) atoms. The van der Waals surface area contributed by atoms with Crippen molar-refractivity contribution in [3.8, 4) is 0 Å². The molecule has 0 saturated heterocycles. The molecule has 3 atom stereocenters. The topological polar surface area (TPSA) is 154 Å². The van der Waals surface area contributed by atoms with Crippen molar-refractivity contribution in [3.05, 3.63) is 0 Å². The van der Waals surface area contributed by atoms with Crippen molar-refractivity contribution in [1.82, 2.24) is 5.64 Å². The van der Waals surface area contributed by atoms with Crippen molar-refractivity contribution in [2.45, 2.75) is 18.3 Å². The van der Waals surface area contributed by atoms with Crippen molar-refractivity contribution in [2.24, 2.45) is 0 Å². The Morgan fingerprint density at radius 3 is 1.23 bits per heavy atom. The van der Waals surface area contributed by atoms with Crippen molar-refractivity contribution < 1.29 is 35.9 Å². The summed E-state index contributed by atoms with van der Waals surface area (Å²) in [5, 5.41) is 56.3. The van der Waals surface area contributed by atoms with Gasteiger partial charge in [-0.3, -0.25) is 10.4 Å². The Morgan fingerprint density at radius 2 is 1.08 bits per heavy atom. The number of aliphatic hydroxyl groups excluding tert-OH is 5. The number of aliphatic hydroxyl groups is 5. The van der Waals surface area contributed by atoms with Gasteiger partial charge in [0.25, 0.3) is 0 Å². The van der Waals surface area contributed by atoms with Gasteiger partial charge in [0.2, 0.25) is 0 Å². The second-order valence-corrected chi connectivity index (χ2v) is 2.09. The average Bonchev–Trinajstić information content (AvgIpc) is 2.15. The van der Waals surface area contributed by atoms with E-state index in [2.05, 4.69) is 0 Å². The lowest BCUT2D eigenvalue weighted by Gasteiger charge is -2.19. The van der Waals surface area contributed by atoms with E-state index in [9.17, 15) is 0 Å². The third-order valence-electron chi connectivity index (χ3n) is 1.16. The SMILES string of the molecule is OC[C@@H](O)[C@@H](O)[C@@H](O)CO.ONO. The van der Waals surface area contributed by atoms with E-state index in [1.807, 2.05) is 0 Å². The first-order chi connectivity index (χ1) is 6.04. The van der Waals surface area contributed by atoms with Crippen LogP contribution in [0, 0.1) is 0 Å². The molecule has 0 amide bonds. The molecule has 8 nitrogen and oxygen atoms in total. The molecule has 0 aliphatic rings. The van der Waals surface area contributed by atoms with Gasteiger partial charge in [-0.1, -0.05) is 5.64 Å². The Morgan fingerprint density at radius 1 is 0.846 bits per heavy atom. The van der Waals surface area contributed by atoms with Crippen LogP contribution in [0.25, 0.3) is 0 Å². The van der Waals surface area contributed by atoms with E-state index in [0.29, 0.717) is 0 Å². The molecule has 0 spiro atoms. The summed E-state index contributed by atoms with van der Waals surface area (Å²) in [6.07, 6.45) is -4.29. The van der Waals surface area contributed by atoms with Gasteiger partial charge in [-0.15, -0.1) is 0 Å². The number of hydrogen-bond donors (Lipinski definition) is 8. The van der Waals surface area contributed by atoms with Crippen molar-refractivity contribution in [3.63, 3.8) is 0 Å². The summed E-state index contributed by atoms with van der Waals surface area (Å²) in [7, 11) is 0. The monoisotopic (exact) mass is 201 g/mol. The smallest absolute Gasteiger partial charge is 0.110 e. The van der Waals surface area contributed by atoms with Gasteiger partial charge >= 0.3 is 0 Å². The highest BCUT2D eigenvalue weighted by Crippen LogP contribution is 1.97. The molecule has 0 aromatic rings. The summed E-state index contributed by atoms with van der Waals surface area (Å²) >= 11 is 0. The quantitative estimate of drug-likeness (QED) is 0.217. The van der Waals surface area contributed by atoms with Crippen LogP contribution in [0.3, 0.4) is 0 Å². The molecular formula is C5H15NO7. The van der Waals surface area contributed by atoms with E-state index in [0.717, 1.165) is 5.64 Å². The molecule has 8 heteroatoms. The average molecular weight is 201 g/mol. The standard InChI is InChI=1S/C5H12O5.H3NO2/c6-1-3(8)5(10)4(9)2-7;2-1-3/h3-10H,1-2H2;1-3H/t3-,4+,5-;. The van der Waals surface area contributed by atoms with Crippen LogP contribution in [0.2, 0.25) is 0 Å². The molecule has 0 rings (SSSR count). The molecule has 0 aromatic heterocycles. The third-order valence-corrected chi connectivity index (χ3v) is 1.16. The Bertz CT molecular complexity index is 92.9. The van der Waals surface area contributed by atoms with Gasteiger partial charge in [0.05, 0.1) is 13.2 Å². The summed E-state index contributed by atoms with van der Waals surface area (Å²) in [6, 6.07) is 0. The highest BCUT2D eigenvalue weighted by atomic mass is 16.7. The fourth-order valence-corrected chi connectivity index (χ4v) is 0.472. The van der Waals surface area contributed by atoms with E-state index in [1.54, 1.807) is 0 Å². The molecule has 0 aliphatic heterocycles. The summed E-state index contributed by atoms with van der Waals surface area (Å²) in [5.74, 6) is 0. The zero-order chi connectivity index (χ0) is 10.9. The van der Waals surface area contributed by atoms with Crippen LogP contribution in [0.5, 0.6) is 0 Å². The molecule has 0 fully saturated rings. The lowest BCUT2D eigenvalue weighted by atomic mass is 10.1. The number of rotatable bonds is 4. The van der Waals surface area contributed by atoms with E-state index < -0.39 is 31.5 Å². The number of nitrogens with one attached hydrogen (secondary N) is 1. The minimum absolute atomic E-state index is 0.641. The molecule has 0 radical (unpaired) electrons. The highest BCUT2D eigenvalue weighted by molar-refractivity contribution is 4.73. The lowest BCUT2D eigenvalue weighted by molar-refractivity contribution is -0.0900. The van der Waals surface area contributed by atoms with Crippen LogP contribution in [-0.2, 0) is 0 Å². The van der Waals surface area contributed by atoms with E-state index >= 15 is 0 Å². The largest absolute Gasteiger partial charge is 0.394 e. The van der Waals surface area contributed by atoms with Crippen LogP contribution in [-0.4, -0.2) is 67.5 Å². The third kappa shape index (κ3) is 8.02. The minimum Gasteiger partial charge on any atom is -0.394 e. The Kier molecular flexibility index (Phi) is 11.4. The maximum Gasteiger partial charge on any atom is 0.110 e. The predicted molar refractivity (Wildman–Crippen MR) is 38.9 cm³/mol. The second kappa shape index (κ2) is 9.77. The molecule has 82 valence electrons. The van der Waals surface area contributed by atoms with Crippen LogP contribution in [0.15, 0.2) is 0 Å². The van der Waals surface area contributed by atoms with E-state index in [-0.39, 0.29) is 0 Å². The van der Waals surface area contributed by atoms with Gasteiger partial charge in [-0.2, -0.15) is 0 Å². The van der Waals surface area contributed by atoms with Gasteiger partial charge in [-0.25, -0.2) is 0 Å². The summed E-state index contributed by atoms with van der Waals surface area (Å²) in [5.41, 5.74) is 0.750. The molecule has 0 heterocycles. The van der Waals surface area contributed by atoms with Gasteiger partial charge in [0.1, 0.15) is 18.3 Å². The summed E-state index contributed by atoms with van der Waals surface area (Å²) < 4.78 is 0. The molecule has 0 aromatic carbocycles. The van der Waals surface area contributed by atoms with Crippen molar-refractivity contribution >= 4 is 0 Å². The van der Waals surface area contributed by atoms with Crippen molar-refractivity contribution in [1.29, 1.82) is 0 Å². The Labute approximate surface area is 74.2 Å². The highest BCUT2D eigenvalue weighted by Gasteiger charge is 2.22. The summed E-state index contributed by atoms with van der Waals surface area (Å²) in [4.78, 5) is 0. The Hall–Kier alpha value is -0.320. The van der Waals surface area contributed by atoms with Crippen molar-refractivity contribution in [2.75, 3.05) is 13.2 Å². The van der Waals surface area contributed by atoms with Crippen LogP contribution in [0.4, 0.5) is 0 Å². The number of hydrogen-bond acceptors (Lipinski definition) is 8. The second-order valence-electron chi connectivity index (χ2n) is 2.09. The fourth-order valence-electron chi connectivity index (χ4n) is 0.472. The van der Waals surface area contributed by atoms with Crippen LogP contribution < -0.4 is 5.64 Å². The fraction of sp³-hybridized carbons (Fsp3) is 1.00. The minimum atomic E-state index is -1.49. The molecule has 8 N–H and O–H groups in total. The Balaban J connectivity index is 0. The zero-order valence-electron chi connectivity index (χ0n) is 6.78. The summed E-state index contributed by atoms with van der Waals surface area (Å²) in [6.45, 7) is -1.28. The molecular weight excluding hydrogens is 186 g/mol. The first-order valence-corrected chi connectivity index (χ1v) is 3.34. The van der Waals surface area contributed by atoms with Crippen LogP contribution >= 0.6 is 0 Å². The molecule has 0 bridgehead atoms. The first kappa shape index (κ1) is 15.2. The van der Waals surface area contributed by atoms with Gasteiger partial charge < -0.3 is 25.5 Å². The van der Waals surface area contributed by atoms with E-state index in [1.165, 1.54) is 0 Å². The van der Waals surface area contributed by atoms with E-state index in [4.69, 9.17) is 35.9 Å². The van der Waals surface area contributed by atoms with Crippen LogP contribution in [0.1, 0.15) is 0 Å². The van der Waals surface area contributed by atoms with Gasteiger partial charge in [0, 0.05) is 0 Å².